The Morgan fingerprint density at radius 2 is 2.08 bits per heavy atom. The fourth-order valence-corrected chi connectivity index (χ4v) is 3.76. The van der Waals surface area contributed by atoms with Crippen LogP contribution in [0.1, 0.15) is 32.1 Å². The van der Waals surface area contributed by atoms with Gasteiger partial charge in [-0.2, -0.15) is 0 Å². The van der Waals surface area contributed by atoms with Gasteiger partial charge in [0.05, 0.1) is 11.8 Å². The van der Waals surface area contributed by atoms with Crippen LogP contribution in [0.5, 0.6) is 5.75 Å². The molecule has 3 rings (SSSR count). The quantitative estimate of drug-likeness (QED) is 0.884. The Kier molecular flexibility index (Phi) is 5.78. The van der Waals surface area contributed by atoms with E-state index in [0.29, 0.717) is 17.4 Å². The molecule has 2 amide bonds. The zero-order valence-electron chi connectivity index (χ0n) is 15.1. The van der Waals surface area contributed by atoms with Crippen LogP contribution in [0, 0.1) is 11.7 Å². The number of carbonyl (C=O) groups excluding carboxylic acids is 1. The van der Waals surface area contributed by atoms with Crippen molar-refractivity contribution < 1.29 is 13.9 Å². The highest BCUT2D eigenvalue weighted by Crippen LogP contribution is 2.31. The van der Waals surface area contributed by atoms with Crippen LogP contribution >= 0.6 is 0 Å². The smallest absolute Gasteiger partial charge is 0.321 e. The zero-order valence-corrected chi connectivity index (χ0v) is 15.1. The maximum absolute atomic E-state index is 13.6. The number of nitrogens with one attached hydrogen (secondary N) is 1. The molecule has 1 aromatic carbocycles. The minimum atomic E-state index is -0.349. The molecule has 0 bridgehead atoms. The third-order valence-corrected chi connectivity index (χ3v) is 4.98. The lowest BCUT2D eigenvalue weighted by atomic mass is 10.1. The first kappa shape index (κ1) is 18.0. The molecule has 1 heterocycles. The summed E-state index contributed by atoms with van der Waals surface area (Å²) in [5.41, 5.74) is 0.550. The molecule has 2 aliphatic rings. The molecule has 1 aliphatic carbocycles. The predicted octanol–water partition coefficient (Wildman–Crippen LogP) is 3.56. The highest BCUT2D eigenvalue weighted by atomic mass is 19.1. The molecule has 1 saturated carbocycles. The van der Waals surface area contributed by atoms with Crippen molar-refractivity contribution in [3.8, 4) is 5.75 Å². The summed E-state index contributed by atoms with van der Waals surface area (Å²) in [4.78, 5) is 16.6. The number of amides is 2. The molecule has 2 fully saturated rings. The minimum Gasteiger partial charge on any atom is -0.488 e. The van der Waals surface area contributed by atoms with Crippen LogP contribution in [-0.2, 0) is 0 Å². The molecular formula is C19H28FN3O2. The molecule has 0 aromatic heterocycles. The number of hydrogen-bond acceptors (Lipinski definition) is 3. The number of ether oxygens (including phenoxy) is 1. The topological polar surface area (TPSA) is 44.8 Å². The van der Waals surface area contributed by atoms with Gasteiger partial charge in [-0.1, -0.05) is 0 Å². The summed E-state index contributed by atoms with van der Waals surface area (Å²) in [6.07, 6.45) is 5.39. The van der Waals surface area contributed by atoms with E-state index in [9.17, 15) is 9.18 Å². The van der Waals surface area contributed by atoms with Gasteiger partial charge in [0.15, 0.2) is 0 Å². The Balaban J connectivity index is 1.62. The van der Waals surface area contributed by atoms with Gasteiger partial charge in [-0.25, -0.2) is 9.18 Å². The second kappa shape index (κ2) is 8.04. The van der Waals surface area contributed by atoms with Crippen LogP contribution in [-0.4, -0.2) is 55.7 Å². The molecule has 25 heavy (non-hydrogen) atoms. The minimum absolute atomic E-state index is 0.119. The van der Waals surface area contributed by atoms with Crippen LogP contribution in [0.2, 0.25) is 0 Å². The van der Waals surface area contributed by atoms with Crippen molar-refractivity contribution in [3.63, 3.8) is 0 Å². The first-order valence-corrected chi connectivity index (χ1v) is 9.18. The van der Waals surface area contributed by atoms with Gasteiger partial charge in [0.25, 0.3) is 0 Å². The number of hydrogen-bond donors (Lipinski definition) is 1. The van der Waals surface area contributed by atoms with Gasteiger partial charge in [0.2, 0.25) is 0 Å². The Morgan fingerprint density at radius 3 is 2.80 bits per heavy atom. The van der Waals surface area contributed by atoms with Crippen LogP contribution in [0.4, 0.5) is 14.9 Å². The second-order valence-electron chi connectivity index (χ2n) is 7.46. The summed E-state index contributed by atoms with van der Waals surface area (Å²) in [6.45, 7) is 2.49. The lowest BCUT2D eigenvalue weighted by Gasteiger charge is -2.21. The summed E-state index contributed by atoms with van der Waals surface area (Å²) < 4.78 is 19.6. The monoisotopic (exact) mass is 349 g/mol. The van der Waals surface area contributed by atoms with Crippen molar-refractivity contribution >= 4 is 11.7 Å². The maximum Gasteiger partial charge on any atom is 0.321 e. The van der Waals surface area contributed by atoms with E-state index in [1.807, 2.05) is 19.0 Å². The van der Waals surface area contributed by atoms with Gasteiger partial charge in [0.1, 0.15) is 11.6 Å². The highest BCUT2D eigenvalue weighted by molar-refractivity contribution is 5.91. The Morgan fingerprint density at radius 1 is 1.32 bits per heavy atom. The molecule has 1 N–H and O–H groups in total. The molecule has 1 atom stereocenters. The standard InChI is InChI=1S/C19H28FN3O2/c1-22(2)12-14-9-10-23(13-14)19(24)21-17-8-7-15(20)11-18(17)25-16-5-3-4-6-16/h7-8,11,14,16H,3-6,9-10,12-13H2,1-2H3,(H,21,24)/t14-/m1/s1. The third-order valence-electron chi connectivity index (χ3n) is 4.98. The van der Waals surface area contributed by atoms with Crippen LogP contribution in [0.15, 0.2) is 18.2 Å². The molecule has 5 nitrogen and oxygen atoms in total. The Hall–Kier alpha value is -1.82. The third kappa shape index (κ3) is 4.84. The molecule has 138 valence electrons. The molecule has 6 heteroatoms. The van der Waals surface area contributed by atoms with Gasteiger partial charge in [0, 0.05) is 25.7 Å². The summed E-state index contributed by atoms with van der Waals surface area (Å²) in [6, 6.07) is 4.18. The number of carbonyl (C=O) groups is 1. The van der Waals surface area contributed by atoms with Gasteiger partial charge >= 0.3 is 6.03 Å². The van der Waals surface area contributed by atoms with Crippen molar-refractivity contribution in [2.45, 2.75) is 38.2 Å². The fourth-order valence-electron chi connectivity index (χ4n) is 3.76. The number of rotatable bonds is 5. The highest BCUT2D eigenvalue weighted by Gasteiger charge is 2.27. The first-order valence-electron chi connectivity index (χ1n) is 9.18. The zero-order chi connectivity index (χ0) is 17.8. The van der Waals surface area contributed by atoms with Gasteiger partial charge in [-0.15, -0.1) is 0 Å². The number of anilines is 1. The average molecular weight is 349 g/mol. The van der Waals surface area contributed by atoms with Crippen molar-refractivity contribution in [1.29, 1.82) is 0 Å². The van der Waals surface area contributed by atoms with Crippen molar-refractivity contribution in [2.24, 2.45) is 5.92 Å². The van der Waals surface area contributed by atoms with E-state index >= 15 is 0 Å². The number of nitrogens with zero attached hydrogens (tertiary/aromatic N) is 2. The average Bonchev–Trinajstić information content (AvgIpc) is 3.21. The lowest BCUT2D eigenvalue weighted by molar-refractivity contribution is 0.208. The Bertz CT molecular complexity index is 602. The van der Waals surface area contributed by atoms with Gasteiger partial charge < -0.3 is 19.9 Å². The molecular weight excluding hydrogens is 321 g/mol. The van der Waals surface area contributed by atoms with Crippen molar-refractivity contribution in [2.75, 3.05) is 39.0 Å². The largest absolute Gasteiger partial charge is 0.488 e. The normalized spacial score (nSPS) is 21.1. The molecule has 0 unspecified atom stereocenters. The fraction of sp³-hybridized carbons (Fsp3) is 0.632. The van der Waals surface area contributed by atoms with E-state index in [-0.39, 0.29) is 18.0 Å². The molecule has 1 aliphatic heterocycles. The molecule has 1 aromatic rings. The summed E-state index contributed by atoms with van der Waals surface area (Å²) in [5, 5.41) is 2.91. The summed E-state index contributed by atoms with van der Waals surface area (Å²) in [5.74, 6) is 0.589. The van der Waals surface area contributed by atoms with E-state index in [1.165, 1.54) is 12.1 Å². The molecule has 1 saturated heterocycles. The number of urea groups is 1. The maximum atomic E-state index is 13.6. The van der Waals surface area contributed by atoms with Crippen molar-refractivity contribution in [1.82, 2.24) is 9.80 Å². The van der Waals surface area contributed by atoms with Crippen LogP contribution in [0.25, 0.3) is 0 Å². The predicted molar refractivity (Wildman–Crippen MR) is 96.5 cm³/mol. The van der Waals surface area contributed by atoms with E-state index < -0.39 is 0 Å². The van der Waals surface area contributed by atoms with Crippen molar-refractivity contribution in [3.05, 3.63) is 24.0 Å². The lowest BCUT2D eigenvalue weighted by Crippen LogP contribution is -2.34. The first-order chi connectivity index (χ1) is 12.0. The number of benzene rings is 1. The SMILES string of the molecule is CN(C)C[C@H]1CCN(C(=O)Nc2ccc(F)cc2OC2CCCC2)C1. The van der Waals surface area contributed by atoms with E-state index in [0.717, 1.165) is 51.7 Å². The molecule has 0 radical (unpaired) electrons. The summed E-state index contributed by atoms with van der Waals surface area (Å²) >= 11 is 0. The second-order valence-corrected chi connectivity index (χ2v) is 7.46. The van der Waals surface area contributed by atoms with Crippen LogP contribution in [0.3, 0.4) is 0 Å². The van der Waals surface area contributed by atoms with E-state index in [1.54, 1.807) is 6.07 Å². The molecule has 0 spiro atoms. The number of likely N-dealkylation sites (tertiary alicyclic amines) is 1. The summed E-state index contributed by atoms with van der Waals surface area (Å²) in [7, 11) is 4.10. The van der Waals surface area contributed by atoms with Crippen LogP contribution < -0.4 is 10.1 Å². The van der Waals surface area contributed by atoms with Gasteiger partial charge in [-0.3, -0.25) is 0 Å². The van der Waals surface area contributed by atoms with E-state index in [2.05, 4.69) is 10.2 Å². The Labute approximate surface area is 149 Å². The van der Waals surface area contributed by atoms with Gasteiger partial charge in [-0.05, 0) is 64.3 Å². The van der Waals surface area contributed by atoms with E-state index in [4.69, 9.17) is 4.74 Å². The number of halogens is 1.